The van der Waals surface area contributed by atoms with Crippen LogP contribution in [0, 0.1) is 0 Å². The van der Waals surface area contributed by atoms with Gasteiger partial charge in [-0.25, -0.2) is 9.59 Å². The second kappa shape index (κ2) is 11.4. The van der Waals surface area contributed by atoms with Crippen LogP contribution in [0.3, 0.4) is 0 Å². The average molecular weight is 484 g/mol. The Morgan fingerprint density at radius 3 is 2.20 bits per heavy atom. The molecule has 0 aliphatic carbocycles. The highest BCUT2D eigenvalue weighted by Gasteiger charge is 2.35. The van der Waals surface area contributed by atoms with Crippen molar-refractivity contribution in [1.82, 2.24) is 10.2 Å². The number of carbonyl (C=O) groups is 3. The maximum absolute atomic E-state index is 12.8. The lowest BCUT2D eigenvalue weighted by molar-refractivity contribution is -0.140. The van der Waals surface area contributed by atoms with E-state index in [9.17, 15) is 14.4 Å². The number of methoxy groups -OCH3 is 3. The van der Waals surface area contributed by atoms with E-state index in [-0.39, 0.29) is 25.2 Å². The molecule has 35 heavy (non-hydrogen) atoms. The second-order valence-electron chi connectivity index (χ2n) is 7.75. The molecule has 10 heteroatoms. The molecule has 1 atom stereocenters. The zero-order chi connectivity index (χ0) is 25.5. The van der Waals surface area contributed by atoms with E-state index in [0.29, 0.717) is 39.6 Å². The summed E-state index contributed by atoms with van der Waals surface area (Å²) >= 11 is 0. The van der Waals surface area contributed by atoms with Gasteiger partial charge in [0.25, 0.3) is 5.91 Å². The number of anilines is 1. The Balaban J connectivity index is 1.81. The molecule has 3 amide bonds. The third kappa shape index (κ3) is 5.90. The van der Waals surface area contributed by atoms with Gasteiger partial charge in [-0.15, -0.1) is 0 Å². The topological polar surface area (TPSA) is 115 Å². The predicted molar refractivity (Wildman–Crippen MR) is 129 cm³/mol. The smallest absolute Gasteiger partial charge is 0.338 e. The molecule has 0 aromatic heterocycles. The van der Waals surface area contributed by atoms with E-state index in [2.05, 4.69) is 10.6 Å². The van der Waals surface area contributed by atoms with E-state index >= 15 is 0 Å². The van der Waals surface area contributed by atoms with Crippen LogP contribution in [0.1, 0.15) is 28.9 Å². The van der Waals surface area contributed by atoms with Gasteiger partial charge < -0.3 is 34.5 Å². The van der Waals surface area contributed by atoms with Gasteiger partial charge in [-0.05, 0) is 36.8 Å². The van der Waals surface area contributed by atoms with Crippen molar-refractivity contribution in [2.75, 3.05) is 46.9 Å². The van der Waals surface area contributed by atoms with Crippen LogP contribution in [-0.4, -0.2) is 64.4 Å². The van der Waals surface area contributed by atoms with E-state index < -0.39 is 12.0 Å². The highest BCUT2D eigenvalue weighted by molar-refractivity contribution is 6.04. The molecule has 0 saturated carbocycles. The molecule has 10 nitrogen and oxygen atoms in total. The van der Waals surface area contributed by atoms with Crippen LogP contribution < -0.4 is 20.1 Å². The zero-order valence-corrected chi connectivity index (χ0v) is 20.3. The van der Waals surface area contributed by atoms with E-state index in [0.717, 1.165) is 0 Å². The van der Waals surface area contributed by atoms with Crippen molar-refractivity contribution in [2.45, 2.75) is 13.0 Å². The summed E-state index contributed by atoms with van der Waals surface area (Å²) in [5.41, 5.74) is 2.37. The summed E-state index contributed by atoms with van der Waals surface area (Å²) in [6, 6.07) is 10.7. The van der Waals surface area contributed by atoms with Gasteiger partial charge in [0.2, 0.25) is 0 Å². The number of benzene rings is 2. The average Bonchev–Trinajstić information content (AvgIpc) is 2.87. The molecular formula is C25H29N3O7. The van der Waals surface area contributed by atoms with Gasteiger partial charge in [-0.2, -0.15) is 0 Å². The highest BCUT2D eigenvalue weighted by Crippen LogP contribution is 2.31. The summed E-state index contributed by atoms with van der Waals surface area (Å²) in [4.78, 5) is 39.3. The van der Waals surface area contributed by atoms with Crippen LogP contribution in [0.2, 0.25) is 0 Å². The minimum atomic E-state index is -0.707. The standard InChI is InChI=1S/C25H29N3O7/c1-15-21(24(30)35-11-10-32-3)22(27-25(31)28(15)2)16-6-8-18(9-7-16)26-23(29)17-12-19(33-4)14-20(13-17)34-5/h6-9,12-14,22H,10-11H2,1-5H3,(H,26,29)(H,27,31). The predicted octanol–water partition coefficient (Wildman–Crippen LogP) is 3.12. The molecule has 1 unspecified atom stereocenters. The monoisotopic (exact) mass is 483 g/mol. The Hall–Kier alpha value is -4.05. The molecular weight excluding hydrogens is 454 g/mol. The number of rotatable bonds is 9. The Morgan fingerprint density at radius 2 is 1.63 bits per heavy atom. The lowest BCUT2D eigenvalue weighted by Crippen LogP contribution is -2.46. The van der Waals surface area contributed by atoms with Crippen molar-refractivity contribution < 1.29 is 33.3 Å². The molecule has 0 fully saturated rings. The van der Waals surface area contributed by atoms with Gasteiger partial charge in [0.1, 0.15) is 18.1 Å². The Morgan fingerprint density at radius 1 is 1.00 bits per heavy atom. The third-order valence-corrected chi connectivity index (χ3v) is 5.61. The minimum Gasteiger partial charge on any atom is -0.497 e. The van der Waals surface area contributed by atoms with E-state index in [4.69, 9.17) is 18.9 Å². The molecule has 2 N–H and O–H groups in total. The fraction of sp³-hybridized carbons (Fsp3) is 0.320. The lowest BCUT2D eigenvalue weighted by atomic mass is 9.95. The number of urea groups is 1. The largest absolute Gasteiger partial charge is 0.497 e. The van der Waals surface area contributed by atoms with Gasteiger partial charge in [-0.1, -0.05) is 12.1 Å². The van der Waals surface area contributed by atoms with Crippen molar-refractivity contribution >= 4 is 23.6 Å². The molecule has 3 rings (SSSR count). The van der Waals surface area contributed by atoms with E-state index in [1.807, 2.05) is 0 Å². The maximum Gasteiger partial charge on any atom is 0.338 e. The van der Waals surface area contributed by atoms with Crippen LogP contribution in [-0.2, 0) is 14.3 Å². The Bertz CT molecular complexity index is 1110. The number of ether oxygens (including phenoxy) is 4. The van der Waals surface area contributed by atoms with Crippen molar-refractivity contribution in [3.05, 3.63) is 64.9 Å². The summed E-state index contributed by atoms with van der Waals surface area (Å²) in [7, 11) is 6.11. The number of hydrogen-bond acceptors (Lipinski definition) is 7. The second-order valence-corrected chi connectivity index (χ2v) is 7.75. The molecule has 2 aromatic rings. The van der Waals surface area contributed by atoms with Crippen molar-refractivity contribution in [1.29, 1.82) is 0 Å². The Labute approximate surface area is 203 Å². The van der Waals surface area contributed by atoms with Crippen LogP contribution >= 0.6 is 0 Å². The molecule has 0 radical (unpaired) electrons. The number of hydrogen-bond donors (Lipinski definition) is 2. The van der Waals surface area contributed by atoms with Crippen molar-refractivity contribution in [3.63, 3.8) is 0 Å². The summed E-state index contributed by atoms with van der Waals surface area (Å²) in [6.07, 6.45) is 0. The first-order chi connectivity index (χ1) is 16.8. The lowest BCUT2D eigenvalue weighted by Gasteiger charge is -2.33. The van der Waals surface area contributed by atoms with Crippen LogP contribution in [0.5, 0.6) is 11.5 Å². The van der Waals surface area contributed by atoms with Crippen molar-refractivity contribution in [2.24, 2.45) is 0 Å². The third-order valence-electron chi connectivity index (χ3n) is 5.61. The first-order valence-electron chi connectivity index (χ1n) is 10.8. The van der Waals surface area contributed by atoms with E-state index in [1.165, 1.54) is 26.2 Å². The SMILES string of the molecule is COCCOC(=O)C1=C(C)N(C)C(=O)NC1c1ccc(NC(=O)c2cc(OC)cc(OC)c2)cc1. The van der Waals surface area contributed by atoms with Gasteiger partial charge in [0, 0.05) is 37.2 Å². The van der Waals surface area contributed by atoms with Gasteiger partial charge in [-0.3, -0.25) is 4.79 Å². The zero-order valence-electron chi connectivity index (χ0n) is 20.3. The van der Waals surface area contributed by atoms with Crippen LogP contribution in [0.15, 0.2) is 53.7 Å². The van der Waals surface area contributed by atoms with Crippen molar-refractivity contribution in [3.8, 4) is 11.5 Å². The minimum absolute atomic E-state index is 0.0938. The first kappa shape index (κ1) is 25.6. The number of nitrogens with zero attached hydrogens (tertiary/aromatic N) is 1. The summed E-state index contributed by atoms with van der Waals surface area (Å²) in [5.74, 6) is 0.103. The first-order valence-corrected chi connectivity index (χ1v) is 10.8. The molecule has 2 aromatic carbocycles. The van der Waals surface area contributed by atoms with Gasteiger partial charge in [0.05, 0.1) is 32.4 Å². The van der Waals surface area contributed by atoms with Crippen LogP contribution in [0.4, 0.5) is 10.5 Å². The molecule has 1 heterocycles. The van der Waals surface area contributed by atoms with Gasteiger partial charge in [0.15, 0.2) is 0 Å². The molecule has 186 valence electrons. The summed E-state index contributed by atoms with van der Waals surface area (Å²) in [6.45, 7) is 2.05. The maximum atomic E-state index is 12.8. The van der Waals surface area contributed by atoms with Crippen LogP contribution in [0.25, 0.3) is 0 Å². The number of amides is 3. The highest BCUT2D eigenvalue weighted by atomic mass is 16.6. The van der Waals surface area contributed by atoms with Gasteiger partial charge >= 0.3 is 12.0 Å². The Kier molecular flexibility index (Phi) is 8.32. The van der Waals surface area contributed by atoms with E-state index in [1.54, 1.807) is 56.4 Å². The normalized spacial score (nSPS) is 15.4. The fourth-order valence-electron chi connectivity index (χ4n) is 3.55. The molecule has 0 bridgehead atoms. The summed E-state index contributed by atoms with van der Waals surface area (Å²) in [5, 5.41) is 5.65. The number of nitrogens with one attached hydrogen (secondary N) is 2. The fourth-order valence-corrected chi connectivity index (χ4v) is 3.55. The number of carbonyl (C=O) groups excluding carboxylic acids is 3. The molecule has 1 aliphatic heterocycles. The number of esters is 1. The summed E-state index contributed by atoms with van der Waals surface area (Å²) < 4.78 is 20.7. The quantitative estimate of drug-likeness (QED) is 0.416. The molecule has 0 spiro atoms. The molecule has 1 aliphatic rings. The molecule has 0 saturated heterocycles. The number of allylic oxidation sites excluding steroid dienone is 1.